The van der Waals surface area contributed by atoms with Gasteiger partial charge in [-0.1, -0.05) is 90.5 Å². The number of benzene rings is 6. The highest BCUT2D eigenvalue weighted by Crippen LogP contribution is 2.36. The molecule has 3 aliphatic carbocycles. The predicted molar refractivity (Wildman–Crippen MR) is 514 cm³/mol. The zero-order chi connectivity index (χ0) is 102. The van der Waals surface area contributed by atoms with Gasteiger partial charge in [-0.2, -0.15) is 12.6 Å². The topological polar surface area (TPSA) is 355 Å². The van der Waals surface area contributed by atoms with E-state index in [1.807, 2.05) is 79.7 Å². The fourth-order valence-electron chi connectivity index (χ4n) is 11.6. The van der Waals surface area contributed by atoms with Crippen LogP contribution in [0.1, 0.15) is 151 Å². The van der Waals surface area contributed by atoms with E-state index in [-0.39, 0.29) is 75.8 Å². The van der Waals surface area contributed by atoms with Crippen LogP contribution in [0, 0.1) is 144 Å². The van der Waals surface area contributed by atoms with Crippen LogP contribution in [0.5, 0.6) is 5.75 Å². The fraction of sp³-hybridized carbons (Fsp3) is 0.361. The minimum atomic E-state index is -3.36. The van der Waals surface area contributed by atoms with E-state index in [0.717, 1.165) is 106 Å². The maximum absolute atomic E-state index is 13.3. The van der Waals surface area contributed by atoms with Gasteiger partial charge in [-0.3, -0.25) is 25.1 Å². The molecule has 3 aliphatic heterocycles. The zero-order valence-electron chi connectivity index (χ0n) is 79.0. The van der Waals surface area contributed by atoms with E-state index in [9.17, 15) is 85.4 Å². The van der Waals surface area contributed by atoms with Gasteiger partial charge in [-0.15, -0.1) is 0 Å². The number of methoxy groups -OCH3 is 1. The lowest BCUT2D eigenvalue weighted by molar-refractivity contribution is 0.160. The fourth-order valence-corrected chi connectivity index (χ4v) is 19.4. The van der Waals surface area contributed by atoms with Gasteiger partial charge in [0.1, 0.15) is 46.5 Å². The summed E-state index contributed by atoms with van der Waals surface area (Å²) in [5, 5.41) is -0.0718. The van der Waals surface area contributed by atoms with E-state index in [2.05, 4.69) is 54.0 Å². The molecule has 6 fully saturated rings. The van der Waals surface area contributed by atoms with Gasteiger partial charge >= 0.3 is 34.1 Å². The molecule has 6 aromatic carbocycles. The van der Waals surface area contributed by atoms with Crippen LogP contribution in [-0.2, 0) is 108 Å². The minimum Gasteiger partial charge on any atom is -0.496 e. The number of hydrogen-bond acceptors (Lipinski definition) is 25. The molecular weight excluding hydrogens is 1960 g/mol. The molecule has 17 rings (SSSR count). The molecule has 0 N–H and O–H groups in total. The Balaban J connectivity index is 0.000000207. The van der Waals surface area contributed by atoms with Crippen molar-refractivity contribution >= 4 is 89.0 Å². The number of ether oxygens (including phenoxy) is 1. The van der Waals surface area contributed by atoms with Crippen LogP contribution in [0.2, 0.25) is 0 Å². The summed E-state index contributed by atoms with van der Waals surface area (Å²) in [7, 11) is -14.2. The normalized spacial score (nSPS) is 17.6. The monoisotopic (exact) mass is 2070 g/mol. The Hall–Kier alpha value is -10.2. The molecule has 11 aromatic rings. The van der Waals surface area contributed by atoms with Gasteiger partial charge in [0.25, 0.3) is 0 Å². The first-order valence-electron chi connectivity index (χ1n) is 42.7. The summed E-state index contributed by atoms with van der Waals surface area (Å²) in [6, 6.07) is 40.8. The summed E-state index contributed by atoms with van der Waals surface area (Å²) in [4.78, 5) is 22.3. The molecule has 3 saturated heterocycles. The smallest absolute Gasteiger partial charge is 0.304 e. The Labute approximate surface area is 811 Å². The van der Waals surface area contributed by atoms with Gasteiger partial charge < -0.3 is 4.74 Å². The second-order valence-electron chi connectivity index (χ2n) is 32.9. The first-order valence-corrected chi connectivity index (χ1v) is 54.1. The molecule has 0 bridgehead atoms. The van der Waals surface area contributed by atoms with Gasteiger partial charge in [-0.05, 0) is 268 Å². The molecule has 6 aliphatic rings. The molecule has 138 heavy (non-hydrogen) atoms. The van der Waals surface area contributed by atoms with Crippen molar-refractivity contribution in [2.75, 3.05) is 59.3 Å². The highest BCUT2D eigenvalue weighted by Gasteiger charge is 2.40. The number of aromatic nitrogens is 5. The minimum absolute atomic E-state index is 0.0437. The van der Waals surface area contributed by atoms with Gasteiger partial charge in [0.15, 0.2) is 80.0 Å². The molecule has 0 spiro atoms. The van der Waals surface area contributed by atoms with Crippen LogP contribution < -0.4 is 4.74 Å². The van der Waals surface area contributed by atoms with Crippen molar-refractivity contribution in [3.8, 4) is 5.75 Å². The van der Waals surface area contributed by atoms with Crippen molar-refractivity contribution in [2.45, 2.75) is 194 Å². The lowest BCUT2D eigenvalue weighted by Crippen LogP contribution is -2.23. The average Bonchev–Trinajstić information content (AvgIpc) is 1.66. The average molecular weight is 2070 g/mol. The van der Waals surface area contributed by atoms with Crippen LogP contribution in [-0.4, -0.2) is 155 Å². The molecule has 3 saturated carbocycles. The Kier molecular flexibility index (Phi) is 44.0. The summed E-state index contributed by atoms with van der Waals surface area (Å²) in [5.74, 6) is -1.88. The van der Waals surface area contributed by atoms with Crippen LogP contribution in [0.3, 0.4) is 0 Å². The zero-order valence-corrected chi connectivity index (χ0v) is 85.6. The van der Waals surface area contributed by atoms with Crippen molar-refractivity contribution in [1.82, 2.24) is 24.9 Å². The predicted octanol–water partition coefficient (Wildman–Crippen LogP) is 19.1. The lowest BCUT2D eigenvalue weighted by Gasteiger charge is -2.21. The van der Waals surface area contributed by atoms with Gasteiger partial charge in [0.05, 0.1) is 69.1 Å². The van der Waals surface area contributed by atoms with Gasteiger partial charge in [0.2, 0.25) is 0 Å². The van der Waals surface area contributed by atoms with Crippen molar-refractivity contribution in [1.29, 1.82) is 0 Å². The molecule has 5 aromatic heterocycles. The first kappa shape index (κ1) is 115. The number of nitrogens with zero attached hydrogens (tertiary/aromatic N) is 6. The Morgan fingerprint density at radius 3 is 1.04 bits per heavy atom. The number of sulfone groups is 5. The molecule has 8 heterocycles. The van der Waals surface area contributed by atoms with Crippen molar-refractivity contribution in [2.24, 2.45) is 0 Å². The van der Waals surface area contributed by atoms with Gasteiger partial charge in [-0.25, -0.2) is 103 Å². The number of aryl methyl sites for hydroxylation is 13. The SMILES string of the molecule is COc1cc(C2COS(=O)OC2)ccc1C.Cc1ccc(C2COS(=O)OC2)cc1.Cc1ccc(C2COS(=O)OC2)cc1F.Cc1ccc(F)c(C)c1F.Cc1ccc(F)cc1F.Cc1ccc(S(=O)(=O)C2CC2)nc1.Cc1ccc(S(C)(=O)=O)nc1.Cc1cnc(S(=O)(=O)C2CC2)cc1C.Cc1cnc(S(=O)(=O)C2CC2)cc1F.Cc1cnc(S(C)(=O)=O)cc1C.[C-]#[N+]c1ccc(C)c(F)c1. The first-order chi connectivity index (χ1) is 64.7. The van der Waals surface area contributed by atoms with Crippen LogP contribution in [0.4, 0.5) is 36.4 Å². The summed E-state index contributed by atoms with van der Waals surface area (Å²) >= 11 is -4.75. The van der Waals surface area contributed by atoms with E-state index in [1.165, 1.54) is 72.9 Å². The number of rotatable bonds is 12. The highest BCUT2D eigenvalue weighted by molar-refractivity contribution is 7.93. The molecule has 0 unspecified atom stereocenters. The van der Waals surface area contributed by atoms with E-state index in [0.29, 0.717) is 86.0 Å². The second kappa shape index (κ2) is 52.9. The van der Waals surface area contributed by atoms with Crippen LogP contribution in [0.15, 0.2) is 208 Å². The van der Waals surface area contributed by atoms with Crippen LogP contribution in [0.25, 0.3) is 4.85 Å². The van der Waals surface area contributed by atoms with Crippen molar-refractivity contribution in [3.05, 3.63) is 329 Å². The van der Waals surface area contributed by atoms with E-state index >= 15 is 0 Å². The lowest BCUT2D eigenvalue weighted by atomic mass is 9.99. The summed E-state index contributed by atoms with van der Waals surface area (Å²) in [6.07, 6.45) is 14.4. The molecular formula is C97H111F7N6O20S8. The van der Waals surface area contributed by atoms with Crippen molar-refractivity contribution < 1.29 is 115 Å². The summed E-state index contributed by atoms with van der Waals surface area (Å²) in [6.45, 7) is 33.9. The molecule has 41 heteroatoms. The maximum atomic E-state index is 13.3. The molecule has 0 radical (unpaired) electrons. The number of halogens is 7. The second-order valence-corrected chi connectivity index (χ2v) is 46.0. The third kappa shape index (κ3) is 36.8. The van der Waals surface area contributed by atoms with Crippen LogP contribution >= 0.6 is 0 Å². The standard InChI is InChI=1S/C11H14O4S.C10H11FO3S.C10H13NO2S.C10H12O3S.C9H10FNO2S.C9H11NO2S.C8H8F2.C8H6FN.C8H11NO2S.C7H6F2.C7H9NO2S/c1-8-3-4-9(5-11(8)13-2)10-6-14-16(12)15-7-10;1-7-2-3-8(4-10(7)11)9-5-13-15(12)14-6-9;1-7-5-10(11-6-8(7)2)14(12,13)9-3-4-9;1-8-2-4-9(5-3-8)10-6-12-14(11)13-7-10;1-6-5-11-9(4-8(6)10)14(12,13)7-2-3-7;1-7-2-5-9(10-6-7)13(11,12)8-3-4-8;1-5-3-4-7(9)6(2)8(5)10;1-6-3-4-7(10-2)5-8(6)9;1-6-4-8(12(3,10)11)9-5-7(6)2;1-5-2-3-6(8)4-7(5)9;1-6-3-4-7(8-5-6)11(2,9)10/h3-5,10H,6-7H2,1-2H3;2-4,9H,5-6H2,1H3;5-6,9H,3-4H2,1-2H3;2-5,10H,6-7H2,1H3;4-5,7H,2-3H2,1H3;2,5-6,8H,3-4H2,1H3;3-4H,1-2H3;3-5H,1H3;4-5H,1-3H3;2-4H,1H3;3-5H,1-2H3. The quantitative estimate of drug-likeness (QED) is 0.0810. The molecule has 0 atom stereocenters. The highest BCUT2D eigenvalue weighted by atomic mass is 32.2. The Bertz CT molecular complexity index is 6600. The number of hydrogen-bond donors (Lipinski definition) is 0. The third-order valence-electron chi connectivity index (χ3n) is 21.2. The van der Waals surface area contributed by atoms with E-state index in [4.69, 9.17) is 36.4 Å². The Morgan fingerprint density at radius 1 is 0.326 bits per heavy atom. The molecule has 0 amide bonds. The third-order valence-corrected chi connectivity index (χ3v) is 31.7. The van der Waals surface area contributed by atoms with Crippen molar-refractivity contribution in [3.63, 3.8) is 0 Å². The molecule has 26 nitrogen and oxygen atoms in total. The van der Waals surface area contributed by atoms with E-state index in [1.54, 1.807) is 109 Å². The Morgan fingerprint density at radius 2 is 0.667 bits per heavy atom. The van der Waals surface area contributed by atoms with E-state index < -0.39 is 112 Å². The molecule has 746 valence electrons. The summed E-state index contributed by atoms with van der Waals surface area (Å²) < 4.78 is 270. The summed E-state index contributed by atoms with van der Waals surface area (Å²) in [5.41, 5.74) is 14.2. The largest absolute Gasteiger partial charge is 0.496 e. The van der Waals surface area contributed by atoms with Gasteiger partial charge in [0, 0.05) is 84.5 Å². The maximum Gasteiger partial charge on any atom is 0.304 e. The number of pyridine rings is 5.